The third kappa shape index (κ3) is 2.28. The summed E-state index contributed by atoms with van der Waals surface area (Å²) < 4.78 is 0. The number of nitrogens with one attached hydrogen (secondary N) is 3. The molecule has 24 heavy (non-hydrogen) atoms. The van der Waals surface area contributed by atoms with Gasteiger partial charge in [-0.1, -0.05) is 0 Å². The molecule has 120 valence electrons. The number of fused-ring (bicyclic) bond motifs is 1. The normalized spacial score (nSPS) is 16.8. The van der Waals surface area contributed by atoms with Crippen molar-refractivity contribution in [3.05, 3.63) is 40.8 Å². The second kappa shape index (κ2) is 5.45. The molecule has 7 heteroatoms. The van der Waals surface area contributed by atoms with Crippen LogP contribution in [0.15, 0.2) is 40.3 Å². The minimum absolute atomic E-state index is 0.845. The van der Waals surface area contributed by atoms with E-state index in [-0.39, 0.29) is 0 Å². The smallest absolute Gasteiger partial charge is 0.148 e. The topological polar surface area (TPSA) is 77.5 Å². The largest absolute Gasteiger partial charge is 0.368 e. The van der Waals surface area contributed by atoms with E-state index < -0.39 is 0 Å². The van der Waals surface area contributed by atoms with Crippen molar-refractivity contribution >= 4 is 34.0 Å². The molecule has 4 heterocycles. The van der Waals surface area contributed by atoms with Gasteiger partial charge in [-0.2, -0.15) is 0 Å². The molecule has 0 spiro atoms. The predicted molar refractivity (Wildman–Crippen MR) is 98.2 cm³/mol. The van der Waals surface area contributed by atoms with Crippen molar-refractivity contribution in [3.63, 3.8) is 0 Å². The fourth-order valence-electron chi connectivity index (χ4n) is 3.02. The van der Waals surface area contributed by atoms with E-state index in [2.05, 4.69) is 49.9 Å². The summed E-state index contributed by atoms with van der Waals surface area (Å²) in [7, 11) is 0. The molecule has 2 aliphatic heterocycles. The first kappa shape index (κ1) is 13.7. The lowest BCUT2D eigenvalue weighted by atomic mass is 10.2. The van der Waals surface area contributed by atoms with E-state index in [9.17, 15) is 0 Å². The number of imidazole rings is 1. The molecule has 2 aromatic heterocycles. The number of amidine groups is 2. The van der Waals surface area contributed by atoms with Gasteiger partial charge in [-0.3, -0.25) is 9.98 Å². The molecule has 1 aromatic carbocycles. The lowest BCUT2D eigenvalue weighted by Crippen LogP contribution is -2.19. The predicted octanol–water partition coefficient (Wildman–Crippen LogP) is 1.99. The molecule has 3 aromatic rings. The molecule has 0 saturated carbocycles. The fourth-order valence-corrected chi connectivity index (χ4v) is 3.96. The van der Waals surface area contributed by atoms with Crippen molar-refractivity contribution in [1.82, 2.24) is 20.6 Å². The van der Waals surface area contributed by atoms with Gasteiger partial charge < -0.3 is 15.6 Å². The minimum Gasteiger partial charge on any atom is -0.368 e. The van der Waals surface area contributed by atoms with Crippen LogP contribution < -0.4 is 10.6 Å². The Kier molecular flexibility index (Phi) is 3.12. The van der Waals surface area contributed by atoms with Gasteiger partial charge in [0.2, 0.25) is 0 Å². The molecule has 0 bridgehead atoms. The van der Waals surface area contributed by atoms with Crippen molar-refractivity contribution in [1.29, 1.82) is 0 Å². The zero-order valence-corrected chi connectivity index (χ0v) is 13.8. The van der Waals surface area contributed by atoms with Crippen LogP contribution in [0, 0.1) is 0 Å². The summed E-state index contributed by atoms with van der Waals surface area (Å²) in [5, 5.41) is 6.62. The summed E-state index contributed by atoms with van der Waals surface area (Å²) in [4.78, 5) is 19.4. The number of aromatic nitrogens is 2. The number of nitrogens with zero attached hydrogens (tertiary/aromatic N) is 3. The lowest BCUT2D eigenvalue weighted by molar-refractivity contribution is 0.960. The second-order valence-electron chi connectivity index (χ2n) is 5.80. The molecule has 6 nitrogen and oxygen atoms in total. The number of aliphatic imine (C=N–C) groups is 2. The molecule has 0 saturated heterocycles. The SMILES string of the molecule is c1cc2nc(-c3ccc(C4=NCCN4)s3)[nH]c2cc1C1=NCCN1. The molecular weight excluding hydrogens is 320 g/mol. The van der Waals surface area contributed by atoms with Crippen LogP contribution in [0.3, 0.4) is 0 Å². The maximum atomic E-state index is 4.72. The Hall–Kier alpha value is -2.67. The first-order valence-corrected chi connectivity index (χ1v) is 8.86. The zero-order chi connectivity index (χ0) is 15.9. The Bertz CT molecular complexity index is 980. The molecule has 3 N–H and O–H groups in total. The fraction of sp³-hybridized carbons (Fsp3) is 0.235. The average Bonchev–Trinajstić information content (AvgIpc) is 3.42. The van der Waals surface area contributed by atoms with Gasteiger partial charge >= 0.3 is 0 Å². The van der Waals surface area contributed by atoms with E-state index in [4.69, 9.17) is 4.98 Å². The quantitative estimate of drug-likeness (QED) is 0.684. The summed E-state index contributed by atoms with van der Waals surface area (Å²) in [6, 6.07) is 10.4. The van der Waals surface area contributed by atoms with E-state index in [1.54, 1.807) is 11.3 Å². The maximum absolute atomic E-state index is 4.72. The Morgan fingerprint density at radius 3 is 2.46 bits per heavy atom. The highest BCUT2D eigenvalue weighted by Gasteiger charge is 2.14. The number of thiophene rings is 1. The van der Waals surface area contributed by atoms with Crippen LogP contribution in [-0.4, -0.2) is 47.8 Å². The first-order valence-electron chi connectivity index (χ1n) is 8.04. The van der Waals surface area contributed by atoms with Crippen LogP contribution in [0.4, 0.5) is 0 Å². The minimum atomic E-state index is 0.845. The summed E-state index contributed by atoms with van der Waals surface area (Å²) in [6.45, 7) is 3.54. The van der Waals surface area contributed by atoms with Crippen molar-refractivity contribution in [2.75, 3.05) is 26.2 Å². The number of aromatic amines is 1. The Balaban J connectivity index is 1.51. The average molecular weight is 336 g/mol. The second-order valence-corrected chi connectivity index (χ2v) is 6.88. The Labute approximate surface area is 142 Å². The number of H-pyrrole nitrogens is 1. The van der Waals surface area contributed by atoms with E-state index in [1.165, 1.54) is 0 Å². The Morgan fingerprint density at radius 2 is 1.67 bits per heavy atom. The highest BCUT2D eigenvalue weighted by Crippen LogP contribution is 2.28. The molecular formula is C17H16N6S. The number of benzene rings is 1. The van der Waals surface area contributed by atoms with Gasteiger partial charge in [-0.05, 0) is 30.3 Å². The molecule has 0 radical (unpaired) electrons. The molecule has 5 rings (SSSR count). The number of hydrogen-bond donors (Lipinski definition) is 3. The van der Waals surface area contributed by atoms with E-state index in [0.29, 0.717) is 0 Å². The molecule has 2 aliphatic rings. The van der Waals surface area contributed by atoms with Crippen molar-refractivity contribution in [3.8, 4) is 10.7 Å². The molecule has 0 unspecified atom stereocenters. The number of rotatable bonds is 3. The number of hydrogen-bond acceptors (Lipinski definition) is 6. The molecule has 0 amide bonds. The van der Waals surface area contributed by atoms with Crippen LogP contribution >= 0.6 is 11.3 Å². The van der Waals surface area contributed by atoms with Gasteiger partial charge in [0.05, 0.1) is 33.9 Å². The third-order valence-corrected chi connectivity index (χ3v) is 5.28. The van der Waals surface area contributed by atoms with Crippen molar-refractivity contribution < 1.29 is 0 Å². The molecule has 0 fully saturated rings. The van der Waals surface area contributed by atoms with E-state index in [0.717, 1.165) is 70.0 Å². The summed E-state index contributed by atoms with van der Waals surface area (Å²) in [6.07, 6.45) is 0. The van der Waals surface area contributed by atoms with Crippen molar-refractivity contribution in [2.45, 2.75) is 0 Å². The van der Waals surface area contributed by atoms with Gasteiger partial charge in [-0.15, -0.1) is 11.3 Å². The zero-order valence-electron chi connectivity index (χ0n) is 13.0. The Morgan fingerprint density at radius 1 is 0.875 bits per heavy atom. The highest BCUT2D eigenvalue weighted by atomic mass is 32.1. The third-order valence-electron chi connectivity index (χ3n) is 4.18. The van der Waals surface area contributed by atoms with Gasteiger partial charge in [0, 0.05) is 18.7 Å². The highest BCUT2D eigenvalue weighted by molar-refractivity contribution is 7.17. The van der Waals surface area contributed by atoms with Crippen LogP contribution in [0.1, 0.15) is 10.4 Å². The van der Waals surface area contributed by atoms with Gasteiger partial charge in [0.15, 0.2) is 0 Å². The van der Waals surface area contributed by atoms with E-state index >= 15 is 0 Å². The standard InChI is InChI=1S/C17H16N6S/c1-2-11-12(9-10(1)15-18-5-6-19-15)23-17(22-11)14-4-3-13(24-14)16-20-7-8-21-16/h1-4,9H,5-8H2,(H,18,19)(H,20,21)(H,22,23). The molecule has 0 aliphatic carbocycles. The van der Waals surface area contributed by atoms with Crippen LogP contribution in [0.2, 0.25) is 0 Å². The van der Waals surface area contributed by atoms with Crippen LogP contribution in [0.5, 0.6) is 0 Å². The summed E-state index contributed by atoms with van der Waals surface area (Å²) in [5.74, 6) is 2.87. The maximum Gasteiger partial charge on any atom is 0.148 e. The first-order chi connectivity index (χ1) is 11.9. The lowest BCUT2D eigenvalue weighted by Gasteiger charge is -2.01. The van der Waals surface area contributed by atoms with Gasteiger partial charge in [0.1, 0.15) is 17.5 Å². The van der Waals surface area contributed by atoms with Gasteiger partial charge in [-0.25, -0.2) is 4.98 Å². The van der Waals surface area contributed by atoms with Gasteiger partial charge in [0.25, 0.3) is 0 Å². The van der Waals surface area contributed by atoms with E-state index in [1.807, 2.05) is 6.07 Å². The summed E-state index contributed by atoms with van der Waals surface area (Å²) in [5.41, 5.74) is 3.11. The van der Waals surface area contributed by atoms with Crippen molar-refractivity contribution in [2.24, 2.45) is 9.98 Å². The molecule has 0 atom stereocenters. The monoisotopic (exact) mass is 336 g/mol. The van der Waals surface area contributed by atoms with Crippen LogP contribution in [0.25, 0.3) is 21.7 Å². The van der Waals surface area contributed by atoms with Crippen LogP contribution in [-0.2, 0) is 0 Å². The summed E-state index contributed by atoms with van der Waals surface area (Å²) >= 11 is 1.70.